The molecule has 21 heavy (non-hydrogen) atoms. The molecule has 0 spiro atoms. The summed E-state index contributed by atoms with van der Waals surface area (Å²) in [5.74, 6) is -1.17. The summed E-state index contributed by atoms with van der Waals surface area (Å²) in [6.45, 7) is 3.48. The Morgan fingerprint density at radius 3 is 2.52 bits per heavy atom. The lowest BCUT2D eigenvalue weighted by molar-refractivity contribution is -0.385. The van der Waals surface area contributed by atoms with Crippen LogP contribution in [-0.2, 0) is 0 Å². The zero-order valence-electron chi connectivity index (χ0n) is 12.5. The van der Waals surface area contributed by atoms with Crippen LogP contribution in [0.5, 0.6) is 0 Å². The number of benzene rings is 1. The van der Waals surface area contributed by atoms with Crippen LogP contribution >= 0.6 is 0 Å². The number of carbonyl (C=O) groups excluding carboxylic acids is 1. The number of amides is 1. The maximum Gasteiger partial charge on any atom is 0.282 e. The standard InChI is InChI=1S/C14H20FN3O3/c1-4-17(9-5-8-16(2)3)14(19)12-10-11(15)6-7-13(12)18(20)21/h6-7,10H,4-5,8-9H2,1-3H3. The number of hydrogen-bond donors (Lipinski definition) is 0. The van der Waals surface area contributed by atoms with E-state index in [-0.39, 0.29) is 11.3 Å². The third-order valence-corrected chi connectivity index (χ3v) is 3.09. The topological polar surface area (TPSA) is 66.7 Å². The van der Waals surface area contributed by atoms with Crippen LogP contribution in [0.4, 0.5) is 10.1 Å². The third kappa shape index (κ3) is 4.78. The van der Waals surface area contributed by atoms with E-state index in [4.69, 9.17) is 0 Å². The number of halogens is 1. The summed E-state index contributed by atoms with van der Waals surface area (Å²) < 4.78 is 13.3. The van der Waals surface area contributed by atoms with Gasteiger partial charge in [0, 0.05) is 19.2 Å². The summed E-state index contributed by atoms with van der Waals surface area (Å²) in [6.07, 6.45) is 0.746. The molecular formula is C14H20FN3O3. The van der Waals surface area contributed by atoms with Crippen LogP contribution in [-0.4, -0.2) is 54.4 Å². The van der Waals surface area contributed by atoms with E-state index in [9.17, 15) is 19.3 Å². The first kappa shape index (κ1) is 17.0. The molecule has 0 aromatic heterocycles. The SMILES string of the molecule is CCN(CCCN(C)C)C(=O)c1cc(F)ccc1[N+](=O)[O-]. The molecule has 1 rings (SSSR count). The number of nitrogens with zero attached hydrogens (tertiary/aromatic N) is 3. The minimum Gasteiger partial charge on any atom is -0.339 e. The molecule has 0 radical (unpaired) electrons. The minimum atomic E-state index is -0.666. The monoisotopic (exact) mass is 297 g/mol. The van der Waals surface area contributed by atoms with Gasteiger partial charge >= 0.3 is 0 Å². The summed E-state index contributed by atoms with van der Waals surface area (Å²) in [6, 6.07) is 2.93. The van der Waals surface area contributed by atoms with Crippen molar-refractivity contribution < 1.29 is 14.1 Å². The van der Waals surface area contributed by atoms with Gasteiger partial charge in [0.2, 0.25) is 0 Å². The number of nitro groups is 1. The molecule has 0 atom stereocenters. The first-order chi connectivity index (χ1) is 9.86. The molecule has 0 fully saturated rings. The Morgan fingerprint density at radius 2 is 2.00 bits per heavy atom. The zero-order valence-corrected chi connectivity index (χ0v) is 12.5. The second-order valence-corrected chi connectivity index (χ2v) is 4.96. The highest BCUT2D eigenvalue weighted by Gasteiger charge is 2.24. The Labute approximate surface area is 123 Å². The van der Waals surface area contributed by atoms with Gasteiger partial charge in [-0.15, -0.1) is 0 Å². The Bertz CT molecular complexity index is 520. The molecule has 7 heteroatoms. The van der Waals surface area contributed by atoms with Crippen molar-refractivity contribution in [3.63, 3.8) is 0 Å². The summed E-state index contributed by atoms with van der Waals surface area (Å²) in [5, 5.41) is 11.0. The molecule has 1 amide bonds. The van der Waals surface area contributed by atoms with Gasteiger partial charge < -0.3 is 9.80 Å². The molecule has 0 heterocycles. The maximum absolute atomic E-state index is 13.3. The molecule has 0 aliphatic carbocycles. The molecule has 0 unspecified atom stereocenters. The molecule has 0 N–H and O–H groups in total. The molecule has 1 aromatic rings. The highest BCUT2D eigenvalue weighted by Crippen LogP contribution is 2.21. The van der Waals surface area contributed by atoms with Crippen LogP contribution in [0.25, 0.3) is 0 Å². The van der Waals surface area contributed by atoms with Crippen molar-refractivity contribution in [3.8, 4) is 0 Å². The smallest absolute Gasteiger partial charge is 0.282 e. The van der Waals surface area contributed by atoms with Crippen LogP contribution in [0.2, 0.25) is 0 Å². The number of carbonyl (C=O) groups is 1. The minimum absolute atomic E-state index is 0.202. The molecule has 116 valence electrons. The summed E-state index contributed by atoms with van der Waals surface area (Å²) >= 11 is 0. The zero-order chi connectivity index (χ0) is 16.0. The van der Waals surface area contributed by atoms with Crippen LogP contribution in [0.1, 0.15) is 23.7 Å². The van der Waals surface area contributed by atoms with Crippen molar-refractivity contribution in [2.24, 2.45) is 0 Å². The van der Waals surface area contributed by atoms with Crippen molar-refractivity contribution in [3.05, 3.63) is 39.7 Å². The van der Waals surface area contributed by atoms with Gasteiger partial charge in [-0.2, -0.15) is 0 Å². The molecule has 0 saturated carbocycles. The normalized spacial score (nSPS) is 10.7. The van der Waals surface area contributed by atoms with E-state index >= 15 is 0 Å². The average molecular weight is 297 g/mol. The fourth-order valence-electron chi connectivity index (χ4n) is 1.99. The van der Waals surface area contributed by atoms with Gasteiger partial charge in [0.1, 0.15) is 11.4 Å². The lowest BCUT2D eigenvalue weighted by Crippen LogP contribution is -2.33. The highest BCUT2D eigenvalue weighted by atomic mass is 19.1. The predicted octanol–water partition coefficient (Wildman–Crippen LogP) is 2.15. The molecular weight excluding hydrogens is 277 g/mol. The quantitative estimate of drug-likeness (QED) is 0.571. The van der Waals surface area contributed by atoms with E-state index in [1.54, 1.807) is 6.92 Å². The predicted molar refractivity (Wildman–Crippen MR) is 77.8 cm³/mol. The van der Waals surface area contributed by atoms with Crippen molar-refractivity contribution >= 4 is 11.6 Å². The first-order valence-electron chi connectivity index (χ1n) is 6.74. The van der Waals surface area contributed by atoms with Gasteiger partial charge in [-0.1, -0.05) is 0 Å². The molecule has 0 saturated heterocycles. The van der Waals surface area contributed by atoms with Gasteiger partial charge in [-0.25, -0.2) is 4.39 Å². The fraction of sp³-hybridized carbons (Fsp3) is 0.500. The Kier molecular flexibility index (Phi) is 6.23. The first-order valence-corrected chi connectivity index (χ1v) is 6.74. The van der Waals surface area contributed by atoms with Crippen LogP contribution < -0.4 is 0 Å². The Hall–Kier alpha value is -2.02. The molecule has 6 nitrogen and oxygen atoms in total. The summed E-state index contributed by atoms with van der Waals surface area (Å²) in [7, 11) is 3.85. The van der Waals surface area contributed by atoms with E-state index in [1.165, 1.54) is 4.90 Å². The maximum atomic E-state index is 13.3. The average Bonchev–Trinajstić information content (AvgIpc) is 2.42. The van der Waals surface area contributed by atoms with E-state index < -0.39 is 16.6 Å². The van der Waals surface area contributed by atoms with Gasteiger partial charge in [0.15, 0.2) is 0 Å². The van der Waals surface area contributed by atoms with Crippen molar-refractivity contribution in [1.29, 1.82) is 0 Å². The van der Waals surface area contributed by atoms with Gasteiger partial charge in [-0.05, 0) is 46.1 Å². The van der Waals surface area contributed by atoms with Crippen molar-refractivity contribution in [1.82, 2.24) is 9.80 Å². The second-order valence-electron chi connectivity index (χ2n) is 4.96. The largest absolute Gasteiger partial charge is 0.339 e. The van der Waals surface area contributed by atoms with Crippen LogP contribution in [0.3, 0.4) is 0 Å². The third-order valence-electron chi connectivity index (χ3n) is 3.09. The van der Waals surface area contributed by atoms with Crippen molar-refractivity contribution in [2.75, 3.05) is 33.7 Å². The number of nitro benzene ring substituents is 1. The van der Waals surface area contributed by atoms with E-state index in [2.05, 4.69) is 0 Å². The Morgan fingerprint density at radius 1 is 1.33 bits per heavy atom. The highest BCUT2D eigenvalue weighted by molar-refractivity contribution is 5.98. The number of rotatable bonds is 7. The lowest BCUT2D eigenvalue weighted by Gasteiger charge is -2.21. The van der Waals surface area contributed by atoms with Gasteiger partial charge in [-0.3, -0.25) is 14.9 Å². The van der Waals surface area contributed by atoms with E-state index in [0.717, 1.165) is 31.2 Å². The molecule has 0 aliphatic rings. The Balaban J connectivity index is 2.94. The lowest BCUT2D eigenvalue weighted by atomic mass is 10.1. The van der Waals surface area contributed by atoms with Crippen molar-refractivity contribution in [2.45, 2.75) is 13.3 Å². The van der Waals surface area contributed by atoms with E-state index in [1.807, 2.05) is 19.0 Å². The summed E-state index contributed by atoms with van der Waals surface area (Å²) in [5.41, 5.74) is -0.570. The van der Waals surface area contributed by atoms with E-state index in [0.29, 0.717) is 13.1 Å². The van der Waals surface area contributed by atoms with Gasteiger partial charge in [0.05, 0.1) is 4.92 Å². The molecule has 0 aliphatic heterocycles. The summed E-state index contributed by atoms with van der Waals surface area (Å²) in [4.78, 5) is 26.1. The number of hydrogen-bond acceptors (Lipinski definition) is 4. The van der Waals surface area contributed by atoms with Crippen LogP contribution in [0, 0.1) is 15.9 Å². The molecule has 1 aromatic carbocycles. The fourth-order valence-corrected chi connectivity index (χ4v) is 1.99. The van der Waals surface area contributed by atoms with Crippen LogP contribution in [0.15, 0.2) is 18.2 Å². The molecule has 0 bridgehead atoms. The van der Waals surface area contributed by atoms with Gasteiger partial charge in [0.25, 0.3) is 11.6 Å². The second kappa shape index (κ2) is 7.68.